The Labute approximate surface area is 219 Å². The van der Waals surface area contributed by atoms with Crippen molar-refractivity contribution in [1.29, 1.82) is 0 Å². The van der Waals surface area contributed by atoms with Gasteiger partial charge in [0, 0.05) is 17.7 Å². The van der Waals surface area contributed by atoms with Gasteiger partial charge in [0.15, 0.2) is 11.5 Å². The summed E-state index contributed by atoms with van der Waals surface area (Å²) >= 11 is 14.2. The molecule has 0 bridgehead atoms. The van der Waals surface area contributed by atoms with Crippen LogP contribution >= 0.6 is 45.8 Å². The molecule has 0 unspecified atom stereocenters. The van der Waals surface area contributed by atoms with E-state index >= 15 is 0 Å². The van der Waals surface area contributed by atoms with Crippen LogP contribution in [0.3, 0.4) is 0 Å². The highest BCUT2D eigenvalue weighted by Gasteiger charge is 2.14. The average molecular weight is 614 g/mol. The molecule has 3 aromatic rings. The fraction of sp³-hybridized carbons (Fsp3) is 0.130. The monoisotopic (exact) mass is 613 g/mol. The summed E-state index contributed by atoms with van der Waals surface area (Å²) < 4.78 is 12.5. The van der Waals surface area contributed by atoms with Gasteiger partial charge < -0.3 is 9.47 Å². The van der Waals surface area contributed by atoms with Crippen LogP contribution in [0.4, 0.5) is 5.69 Å². The number of carbonyl (C=O) groups excluding carboxylic acids is 1. The van der Waals surface area contributed by atoms with E-state index in [-0.39, 0.29) is 17.9 Å². The Hall–Kier alpha value is -2.89. The van der Waals surface area contributed by atoms with Crippen molar-refractivity contribution in [3.63, 3.8) is 0 Å². The van der Waals surface area contributed by atoms with Gasteiger partial charge in [0.05, 0.1) is 31.4 Å². The van der Waals surface area contributed by atoms with Gasteiger partial charge >= 0.3 is 0 Å². The lowest BCUT2D eigenvalue weighted by Gasteiger charge is -2.15. The molecule has 0 aliphatic rings. The molecular weight excluding hydrogens is 596 g/mol. The molecule has 3 rings (SSSR count). The molecule has 0 aliphatic carbocycles. The quantitative estimate of drug-likeness (QED) is 0.133. The van der Waals surface area contributed by atoms with Gasteiger partial charge in [-0.3, -0.25) is 14.9 Å². The zero-order chi connectivity index (χ0) is 24.7. The number of hydrazone groups is 1. The van der Waals surface area contributed by atoms with Crippen molar-refractivity contribution in [2.45, 2.75) is 13.5 Å². The molecule has 1 N–H and O–H groups in total. The van der Waals surface area contributed by atoms with E-state index in [4.69, 9.17) is 32.7 Å². The van der Waals surface area contributed by atoms with Crippen LogP contribution < -0.4 is 14.9 Å². The number of nitro benzene ring substituents is 1. The van der Waals surface area contributed by atoms with E-state index < -0.39 is 10.8 Å². The second kappa shape index (κ2) is 12.0. The first-order chi connectivity index (χ1) is 16.3. The molecule has 0 aliphatic heterocycles. The number of ether oxygens (including phenoxy) is 2. The number of benzene rings is 3. The average Bonchev–Trinajstić information content (AvgIpc) is 2.81. The number of nitrogens with one attached hydrogen (secondary N) is 1. The molecule has 0 aromatic heterocycles. The second-order valence-corrected chi connectivity index (χ2v) is 8.78. The molecule has 11 heteroatoms. The molecule has 0 atom stereocenters. The Balaban J connectivity index is 1.73. The van der Waals surface area contributed by atoms with Crippen molar-refractivity contribution in [2.24, 2.45) is 5.10 Å². The minimum absolute atomic E-state index is 0.127. The summed E-state index contributed by atoms with van der Waals surface area (Å²) in [6, 6.07) is 14.2. The number of non-ortho nitro benzene ring substituents is 1. The summed E-state index contributed by atoms with van der Waals surface area (Å²) in [6.45, 7) is 2.54. The molecule has 1 amide bonds. The van der Waals surface area contributed by atoms with E-state index in [1.165, 1.54) is 30.5 Å². The Morgan fingerprint density at radius 3 is 2.65 bits per heavy atom. The van der Waals surface area contributed by atoms with Crippen LogP contribution in [0.1, 0.15) is 28.4 Å². The Morgan fingerprint density at radius 2 is 1.94 bits per heavy atom. The zero-order valence-electron chi connectivity index (χ0n) is 17.8. The number of halogens is 3. The van der Waals surface area contributed by atoms with Crippen LogP contribution in [-0.4, -0.2) is 23.7 Å². The third kappa shape index (κ3) is 6.81. The molecule has 176 valence electrons. The topological polar surface area (TPSA) is 103 Å². The summed E-state index contributed by atoms with van der Waals surface area (Å²) in [5, 5.41) is 15.8. The smallest absolute Gasteiger partial charge is 0.271 e. The van der Waals surface area contributed by atoms with E-state index in [9.17, 15) is 14.9 Å². The molecule has 0 fully saturated rings. The van der Waals surface area contributed by atoms with Gasteiger partial charge in [0.2, 0.25) is 0 Å². The summed E-state index contributed by atoms with van der Waals surface area (Å²) in [6.07, 6.45) is 1.45. The van der Waals surface area contributed by atoms with Gasteiger partial charge in [0.25, 0.3) is 11.6 Å². The van der Waals surface area contributed by atoms with Crippen molar-refractivity contribution in [3.8, 4) is 11.5 Å². The normalized spacial score (nSPS) is 10.8. The first kappa shape index (κ1) is 25.7. The summed E-state index contributed by atoms with van der Waals surface area (Å²) in [7, 11) is 0. The molecule has 0 radical (unpaired) electrons. The van der Waals surface area contributed by atoms with Crippen LogP contribution in [0, 0.1) is 13.7 Å². The molecule has 3 aromatic carbocycles. The van der Waals surface area contributed by atoms with Gasteiger partial charge in [-0.2, -0.15) is 5.10 Å². The SMILES string of the molecule is CCOc1cc(/C=N/NC(=O)c2cccc([N+](=O)[O-])c2)cc(I)c1OCc1ccc(Cl)c(Cl)c1. The Kier molecular flexibility index (Phi) is 9.08. The molecule has 0 saturated heterocycles. The fourth-order valence-corrected chi connectivity index (χ4v) is 3.94. The number of nitrogens with zero attached hydrogens (tertiary/aromatic N) is 2. The van der Waals surface area contributed by atoms with Gasteiger partial charge in [-0.25, -0.2) is 5.43 Å². The van der Waals surface area contributed by atoms with E-state index in [2.05, 4.69) is 33.1 Å². The predicted molar refractivity (Wildman–Crippen MR) is 139 cm³/mol. The van der Waals surface area contributed by atoms with E-state index in [0.717, 1.165) is 9.13 Å². The summed E-state index contributed by atoms with van der Waals surface area (Å²) in [4.78, 5) is 22.6. The highest BCUT2D eigenvalue weighted by Crippen LogP contribution is 2.35. The standard InChI is InChI=1S/C23H18Cl2IN3O5/c1-2-33-21-10-15(12-27-28-23(30)16-4-3-5-17(11-16)29(31)32)9-20(26)22(21)34-13-14-6-7-18(24)19(25)8-14/h3-12H,2,13H2,1H3,(H,28,30)/b27-12+. The first-order valence-electron chi connectivity index (χ1n) is 9.89. The molecule has 0 spiro atoms. The van der Waals surface area contributed by atoms with Crippen molar-refractivity contribution >= 4 is 63.6 Å². The van der Waals surface area contributed by atoms with Gasteiger partial charge in [-0.05, 0) is 71.0 Å². The fourth-order valence-electron chi connectivity index (χ4n) is 2.84. The van der Waals surface area contributed by atoms with Gasteiger partial charge in [-0.1, -0.05) is 35.3 Å². The number of amides is 1. The number of hydrogen-bond acceptors (Lipinski definition) is 6. The largest absolute Gasteiger partial charge is 0.490 e. The highest BCUT2D eigenvalue weighted by atomic mass is 127. The summed E-state index contributed by atoms with van der Waals surface area (Å²) in [5.74, 6) is 0.508. The maximum Gasteiger partial charge on any atom is 0.271 e. The third-order valence-corrected chi connectivity index (χ3v) is 5.94. The molecule has 0 saturated carbocycles. The van der Waals surface area contributed by atoms with E-state index in [1.54, 1.807) is 18.2 Å². The van der Waals surface area contributed by atoms with Crippen LogP contribution in [0.15, 0.2) is 59.7 Å². The Bertz CT molecular complexity index is 1250. The van der Waals surface area contributed by atoms with Crippen molar-refractivity contribution in [3.05, 3.63) is 95.0 Å². The third-order valence-electron chi connectivity index (χ3n) is 4.40. The first-order valence-corrected chi connectivity index (χ1v) is 11.7. The number of carbonyl (C=O) groups is 1. The Morgan fingerprint density at radius 1 is 1.15 bits per heavy atom. The van der Waals surface area contributed by atoms with E-state index in [0.29, 0.717) is 33.7 Å². The number of hydrogen-bond donors (Lipinski definition) is 1. The van der Waals surface area contributed by atoms with Gasteiger partial charge in [-0.15, -0.1) is 0 Å². The zero-order valence-corrected chi connectivity index (χ0v) is 21.4. The van der Waals surface area contributed by atoms with E-state index in [1.807, 2.05) is 19.1 Å². The second-order valence-electron chi connectivity index (χ2n) is 6.81. The number of nitro groups is 1. The maximum absolute atomic E-state index is 12.3. The molecule has 0 heterocycles. The predicted octanol–water partition coefficient (Wildman–Crippen LogP) is 6.25. The van der Waals surface area contributed by atoms with Crippen LogP contribution in [-0.2, 0) is 6.61 Å². The lowest BCUT2D eigenvalue weighted by molar-refractivity contribution is -0.384. The lowest BCUT2D eigenvalue weighted by Crippen LogP contribution is -2.17. The molecule has 8 nitrogen and oxygen atoms in total. The number of rotatable bonds is 9. The minimum atomic E-state index is -0.568. The molecule has 34 heavy (non-hydrogen) atoms. The van der Waals surface area contributed by atoms with Crippen LogP contribution in [0.5, 0.6) is 11.5 Å². The maximum atomic E-state index is 12.3. The highest BCUT2D eigenvalue weighted by molar-refractivity contribution is 14.1. The summed E-state index contributed by atoms with van der Waals surface area (Å²) in [5.41, 5.74) is 3.83. The van der Waals surface area contributed by atoms with Gasteiger partial charge in [0.1, 0.15) is 6.61 Å². The van der Waals surface area contributed by atoms with Crippen LogP contribution in [0.2, 0.25) is 10.0 Å². The van der Waals surface area contributed by atoms with Crippen molar-refractivity contribution in [1.82, 2.24) is 5.43 Å². The van der Waals surface area contributed by atoms with Crippen LogP contribution in [0.25, 0.3) is 0 Å². The lowest BCUT2D eigenvalue weighted by atomic mass is 10.2. The minimum Gasteiger partial charge on any atom is -0.490 e. The van der Waals surface area contributed by atoms with Crippen molar-refractivity contribution in [2.75, 3.05) is 6.61 Å². The molecular formula is C23H18Cl2IN3O5. The van der Waals surface area contributed by atoms with Crippen molar-refractivity contribution < 1.29 is 19.2 Å².